The largest absolute Gasteiger partial charge is 0.393 e. The molecular weight excluding hydrogens is 228 g/mol. The average molecular weight is 245 g/mol. The van der Waals surface area contributed by atoms with Gasteiger partial charge in [0.05, 0.1) is 12.6 Å². The molecule has 1 heterocycles. The summed E-state index contributed by atoms with van der Waals surface area (Å²) in [6, 6.07) is 0. The maximum absolute atomic E-state index is 12.5. The van der Waals surface area contributed by atoms with E-state index in [0.29, 0.717) is 18.9 Å². The summed E-state index contributed by atoms with van der Waals surface area (Å²) in [6.45, 7) is -1.59. The third-order valence-corrected chi connectivity index (χ3v) is 3.27. The minimum atomic E-state index is -2.55. The van der Waals surface area contributed by atoms with Gasteiger partial charge in [-0.2, -0.15) is 8.78 Å². The van der Waals surface area contributed by atoms with Crippen LogP contribution in [0.1, 0.15) is 31.6 Å². The number of hydrogen-bond donors (Lipinski definition) is 2. The number of rotatable bonds is 5. The zero-order valence-electron chi connectivity index (χ0n) is 9.52. The minimum Gasteiger partial charge on any atom is -0.393 e. The molecule has 0 aromatic carbocycles. The van der Waals surface area contributed by atoms with Crippen LogP contribution < -0.4 is 5.32 Å². The lowest BCUT2D eigenvalue weighted by Gasteiger charge is -2.15. The van der Waals surface area contributed by atoms with Gasteiger partial charge in [0.2, 0.25) is 0 Å². The number of aliphatic hydroxyl groups excluding tert-OH is 1. The molecule has 96 valence electrons. The molecule has 0 spiro atoms. The molecule has 1 aromatic heterocycles. The second-order valence-corrected chi connectivity index (χ2v) is 4.42. The van der Waals surface area contributed by atoms with Gasteiger partial charge in [0.15, 0.2) is 0 Å². The number of aliphatic hydroxyl groups is 1. The Morgan fingerprint density at radius 3 is 3.00 bits per heavy atom. The van der Waals surface area contributed by atoms with Crippen molar-refractivity contribution in [1.29, 1.82) is 0 Å². The van der Waals surface area contributed by atoms with E-state index in [1.54, 1.807) is 0 Å². The molecular formula is C11H17F2N3O. The lowest BCUT2D eigenvalue weighted by atomic mass is 10.1. The zero-order valence-corrected chi connectivity index (χ0v) is 9.52. The fraction of sp³-hybridized carbons (Fsp3) is 0.727. The highest BCUT2D eigenvalue weighted by Crippen LogP contribution is 2.24. The Kier molecular flexibility index (Phi) is 4.06. The van der Waals surface area contributed by atoms with Gasteiger partial charge in [0.1, 0.15) is 5.82 Å². The van der Waals surface area contributed by atoms with Gasteiger partial charge >= 0.3 is 6.55 Å². The molecule has 1 aliphatic carbocycles. The first kappa shape index (κ1) is 12.4. The number of halogens is 2. The van der Waals surface area contributed by atoms with Crippen LogP contribution in [0.25, 0.3) is 0 Å². The topological polar surface area (TPSA) is 50.1 Å². The molecule has 0 amide bonds. The molecule has 4 nitrogen and oxygen atoms in total. The van der Waals surface area contributed by atoms with Crippen molar-refractivity contribution in [3.8, 4) is 0 Å². The number of alkyl halides is 2. The zero-order chi connectivity index (χ0) is 12.3. The second-order valence-electron chi connectivity index (χ2n) is 4.42. The maximum Gasteiger partial charge on any atom is 0.319 e. The van der Waals surface area contributed by atoms with Gasteiger partial charge in [-0.15, -0.1) is 0 Å². The summed E-state index contributed by atoms with van der Waals surface area (Å²) in [7, 11) is 0. The molecule has 1 aromatic rings. The molecule has 2 rings (SSSR count). The Morgan fingerprint density at radius 2 is 2.35 bits per heavy atom. The molecule has 2 unspecified atom stereocenters. The van der Waals surface area contributed by atoms with Gasteiger partial charge in [-0.1, -0.05) is 6.42 Å². The van der Waals surface area contributed by atoms with Crippen LogP contribution in [0.3, 0.4) is 0 Å². The van der Waals surface area contributed by atoms with Crippen LogP contribution in [0.15, 0.2) is 12.4 Å². The van der Waals surface area contributed by atoms with Gasteiger partial charge in [-0.3, -0.25) is 4.57 Å². The Bertz CT molecular complexity index is 356. The predicted molar refractivity (Wildman–Crippen MR) is 58.5 cm³/mol. The minimum absolute atomic E-state index is 0.241. The Morgan fingerprint density at radius 1 is 1.53 bits per heavy atom. The third kappa shape index (κ3) is 3.01. The van der Waals surface area contributed by atoms with Gasteiger partial charge in [-0.25, -0.2) is 4.98 Å². The van der Waals surface area contributed by atoms with Gasteiger partial charge in [0.25, 0.3) is 0 Å². The first-order valence-electron chi connectivity index (χ1n) is 5.87. The molecule has 0 aliphatic heterocycles. The molecule has 1 aliphatic rings. The van der Waals surface area contributed by atoms with E-state index in [9.17, 15) is 13.9 Å². The fourth-order valence-corrected chi connectivity index (χ4v) is 2.28. The monoisotopic (exact) mass is 245 g/mol. The molecule has 2 N–H and O–H groups in total. The lowest BCUT2D eigenvalue weighted by molar-refractivity contribution is 0.0663. The van der Waals surface area contributed by atoms with Crippen molar-refractivity contribution >= 4 is 0 Å². The standard InChI is InChI=1S/C11H17F2N3O/c12-11(13)16-5-4-15-10(16)7-14-6-8-2-1-3-9(8)17/h4-5,8-9,11,14,17H,1-3,6-7H2. The smallest absolute Gasteiger partial charge is 0.319 e. The van der Waals surface area contributed by atoms with Crippen LogP contribution in [0.2, 0.25) is 0 Å². The van der Waals surface area contributed by atoms with Crippen LogP contribution in [0.4, 0.5) is 8.78 Å². The number of nitrogens with zero attached hydrogens (tertiary/aromatic N) is 2. The Labute approximate surface area is 98.7 Å². The van der Waals surface area contributed by atoms with Gasteiger partial charge in [0, 0.05) is 18.9 Å². The molecule has 0 saturated heterocycles. The summed E-state index contributed by atoms with van der Waals surface area (Å²) in [5.74, 6) is 0.567. The van der Waals surface area contributed by atoms with E-state index in [1.165, 1.54) is 12.4 Å². The van der Waals surface area contributed by atoms with E-state index in [-0.39, 0.29) is 12.0 Å². The van der Waals surface area contributed by atoms with E-state index in [2.05, 4.69) is 10.3 Å². The van der Waals surface area contributed by atoms with Crippen molar-refractivity contribution in [2.24, 2.45) is 5.92 Å². The lowest BCUT2D eigenvalue weighted by Crippen LogP contribution is -2.28. The summed E-state index contributed by atoms with van der Waals surface area (Å²) >= 11 is 0. The first-order valence-corrected chi connectivity index (χ1v) is 5.87. The summed E-state index contributed by atoms with van der Waals surface area (Å²) in [4.78, 5) is 3.88. The molecule has 0 bridgehead atoms. The van der Waals surface area contributed by atoms with Crippen molar-refractivity contribution in [3.05, 3.63) is 18.2 Å². The van der Waals surface area contributed by atoms with Crippen LogP contribution in [0, 0.1) is 5.92 Å². The van der Waals surface area contributed by atoms with E-state index in [0.717, 1.165) is 23.8 Å². The van der Waals surface area contributed by atoms with E-state index in [1.807, 2.05) is 0 Å². The number of imidazole rings is 1. The van der Waals surface area contributed by atoms with Crippen molar-refractivity contribution in [2.45, 2.75) is 38.5 Å². The number of aromatic nitrogens is 2. The van der Waals surface area contributed by atoms with Crippen LogP contribution in [0.5, 0.6) is 0 Å². The molecule has 2 atom stereocenters. The van der Waals surface area contributed by atoms with Crippen molar-refractivity contribution in [2.75, 3.05) is 6.54 Å². The number of hydrogen-bond acceptors (Lipinski definition) is 3. The third-order valence-electron chi connectivity index (χ3n) is 3.27. The summed E-state index contributed by atoms with van der Waals surface area (Å²) in [6.07, 6.45) is 5.27. The molecule has 1 saturated carbocycles. The first-order chi connectivity index (χ1) is 8.18. The Balaban J connectivity index is 1.79. The highest BCUT2D eigenvalue weighted by atomic mass is 19.3. The van der Waals surface area contributed by atoms with Gasteiger partial charge in [-0.05, 0) is 18.8 Å². The maximum atomic E-state index is 12.5. The van der Waals surface area contributed by atoms with Crippen LogP contribution >= 0.6 is 0 Å². The average Bonchev–Trinajstić information content (AvgIpc) is 2.88. The van der Waals surface area contributed by atoms with Gasteiger partial charge < -0.3 is 10.4 Å². The quantitative estimate of drug-likeness (QED) is 0.827. The normalized spacial score (nSPS) is 24.7. The van der Waals surface area contributed by atoms with Crippen molar-refractivity contribution < 1.29 is 13.9 Å². The summed E-state index contributed by atoms with van der Waals surface area (Å²) < 4.78 is 25.9. The van der Waals surface area contributed by atoms with E-state index in [4.69, 9.17) is 0 Å². The summed E-state index contributed by atoms with van der Waals surface area (Å²) in [5, 5.41) is 12.7. The fourth-order valence-electron chi connectivity index (χ4n) is 2.28. The van der Waals surface area contributed by atoms with E-state index >= 15 is 0 Å². The SMILES string of the molecule is OC1CCCC1CNCc1nccn1C(F)F. The van der Waals surface area contributed by atoms with Crippen molar-refractivity contribution in [1.82, 2.24) is 14.9 Å². The molecule has 6 heteroatoms. The highest BCUT2D eigenvalue weighted by Gasteiger charge is 2.24. The van der Waals surface area contributed by atoms with Crippen molar-refractivity contribution in [3.63, 3.8) is 0 Å². The Hall–Kier alpha value is -1.01. The van der Waals surface area contributed by atoms with E-state index < -0.39 is 6.55 Å². The predicted octanol–water partition coefficient (Wildman–Crippen LogP) is 1.53. The number of nitrogens with one attached hydrogen (secondary N) is 1. The summed E-state index contributed by atoms with van der Waals surface area (Å²) in [5.41, 5.74) is 0. The highest BCUT2D eigenvalue weighted by molar-refractivity contribution is 4.92. The van der Waals surface area contributed by atoms with Crippen LogP contribution in [-0.2, 0) is 6.54 Å². The molecule has 1 fully saturated rings. The molecule has 0 radical (unpaired) electrons. The van der Waals surface area contributed by atoms with Crippen LogP contribution in [-0.4, -0.2) is 27.3 Å². The second kappa shape index (κ2) is 5.55. The molecule has 17 heavy (non-hydrogen) atoms.